The van der Waals surface area contributed by atoms with Gasteiger partial charge in [0.25, 0.3) is 0 Å². The van der Waals surface area contributed by atoms with Crippen molar-refractivity contribution in [2.45, 2.75) is 38.0 Å². The van der Waals surface area contributed by atoms with Crippen LogP contribution < -0.4 is 5.32 Å². The molecule has 3 heteroatoms. The summed E-state index contributed by atoms with van der Waals surface area (Å²) in [6.45, 7) is 5.79. The van der Waals surface area contributed by atoms with Gasteiger partial charge in [-0.2, -0.15) is 0 Å². The Labute approximate surface area is 108 Å². The van der Waals surface area contributed by atoms with Gasteiger partial charge in [0, 0.05) is 0 Å². The molecular weight excluding hydrogens is 226 g/mol. The number of carboxylic acid groups (broad SMARTS) is 1. The molecule has 3 nitrogen and oxygen atoms in total. The molecule has 1 fully saturated rings. The molecule has 1 saturated heterocycles. The highest BCUT2D eigenvalue weighted by Crippen LogP contribution is 2.38. The number of benzene rings is 1. The molecule has 1 heterocycles. The molecule has 1 aromatic carbocycles. The van der Waals surface area contributed by atoms with Gasteiger partial charge < -0.3 is 10.4 Å². The SMILES string of the molecule is CC(C)c1ccccc1C1(C(=O)O)CCNCC1. The van der Waals surface area contributed by atoms with Crippen LogP contribution in [0.2, 0.25) is 0 Å². The third-order valence-electron chi connectivity index (χ3n) is 3.96. The summed E-state index contributed by atoms with van der Waals surface area (Å²) in [7, 11) is 0. The first-order chi connectivity index (χ1) is 8.58. The number of hydrogen-bond acceptors (Lipinski definition) is 2. The molecule has 0 unspecified atom stereocenters. The number of nitrogens with one attached hydrogen (secondary N) is 1. The molecule has 0 spiro atoms. The molecule has 0 atom stereocenters. The van der Waals surface area contributed by atoms with Crippen molar-refractivity contribution >= 4 is 5.97 Å². The van der Waals surface area contributed by atoms with Crippen LogP contribution in [-0.2, 0) is 10.2 Å². The van der Waals surface area contributed by atoms with E-state index in [1.54, 1.807) is 0 Å². The average Bonchev–Trinajstić information content (AvgIpc) is 2.39. The van der Waals surface area contributed by atoms with Gasteiger partial charge >= 0.3 is 5.97 Å². The lowest BCUT2D eigenvalue weighted by molar-refractivity contribution is -0.145. The molecule has 0 bridgehead atoms. The molecular formula is C15H21NO2. The molecule has 0 amide bonds. The average molecular weight is 247 g/mol. The second-order valence-electron chi connectivity index (χ2n) is 5.38. The molecule has 1 aromatic rings. The van der Waals surface area contributed by atoms with Gasteiger partial charge in [-0.25, -0.2) is 0 Å². The molecule has 2 rings (SSSR count). The number of aliphatic carboxylic acids is 1. The molecule has 2 N–H and O–H groups in total. The van der Waals surface area contributed by atoms with Gasteiger partial charge in [0.05, 0.1) is 5.41 Å². The Morgan fingerprint density at radius 3 is 2.44 bits per heavy atom. The van der Waals surface area contributed by atoms with E-state index >= 15 is 0 Å². The lowest BCUT2D eigenvalue weighted by Crippen LogP contribution is -2.46. The number of carboxylic acids is 1. The van der Waals surface area contributed by atoms with Crippen molar-refractivity contribution in [1.82, 2.24) is 5.32 Å². The van der Waals surface area contributed by atoms with E-state index in [0.29, 0.717) is 18.8 Å². The molecule has 18 heavy (non-hydrogen) atoms. The standard InChI is InChI=1S/C15H21NO2/c1-11(2)12-5-3-4-6-13(12)15(14(17)18)7-9-16-10-8-15/h3-6,11,16H,7-10H2,1-2H3,(H,17,18). The van der Waals surface area contributed by atoms with Crippen LogP contribution in [0.25, 0.3) is 0 Å². The summed E-state index contributed by atoms with van der Waals surface area (Å²) in [5.74, 6) is -0.329. The van der Waals surface area contributed by atoms with Crippen molar-refractivity contribution in [3.8, 4) is 0 Å². The first kappa shape index (κ1) is 13.1. The molecule has 0 aliphatic carbocycles. The Bertz CT molecular complexity index is 434. The predicted octanol–water partition coefficient (Wildman–Crippen LogP) is 2.52. The molecule has 1 aliphatic heterocycles. The van der Waals surface area contributed by atoms with Crippen LogP contribution in [0.4, 0.5) is 0 Å². The second kappa shape index (κ2) is 5.11. The first-order valence-corrected chi connectivity index (χ1v) is 6.61. The van der Waals surface area contributed by atoms with Gasteiger partial charge in [-0.15, -0.1) is 0 Å². The summed E-state index contributed by atoms with van der Waals surface area (Å²) in [6.07, 6.45) is 1.35. The highest BCUT2D eigenvalue weighted by Gasteiger charge is 2.42. The lowest BCUT2D eigenvalue weighted by Gasteiger charge is -2.36. The monoisotopic (exact) mass is 247 g/mol. The van der Waals surface area contributed by atoms with E-state index in [2.05, 4.69) is 25.2 Å². The quantitative estimate of drug-likeness (QED) is 0.863. The number of piperidine rings is 1. The second-order valence-corrected chi connectivity index (χ2v) is 5.38. The Balaban J connectivity index is 2.52. The van der Waals surface area contributed by atoms with Gasteiger partial charge in [0.1, 0.15) is 0 Å². The van der Waals surface area contributed by atoms with Gasteiger partial charge in [-0.05, 0) is 43.0 Å². The summed E-state index contributed by atoms with van der Waals surface area (Å²) in [6, 6.07) is 8.00. The predicted molar refractivity (Wildman–Crippen MR) is 71.9 cm³/mol. The Morgan fingerprint density at radius 2 is 1.89 bits per heavy atom. The van der Waals surface area contributed by atoms with Crippen LogP contribution in [0.15, 0.2) is 24.3 Å². The van der Waals surface area contributed by atoms with E-state index in [4.69, 9.17) is 0 Å². The van der Waals surface area contributed by atoms with E-state index < -0.39 is 11.4 Å². The summed E-state index contributed by atoms with van der Waals surface area (Å²) < 4.78 is 0. The Morgan fingerprint density at radius 1 is 1.28 bits per heavy atom. The fourth-order valence-corrected chi connectivity index (χ4v) is 2.89. The van der Waals surface area contributed by atoms with Crippen molar-refractivity contribution in [2.24, 2.45) is 0 Å². The minimum absolute atomic E-state index is 0.354. The largest absolute Gasteiger partial charge is 0.481 e. The van der Waals surface area contributed by atoms with Crippen molar-refractivity contribution in [2.75, 3.05) is 13.1 Å². The van der Waals surface area contributed by atoms with Crippen molar-refractivity contribution in [3.05, 3.63) is 35.4 Å². The molecule has 1 aliphatic rings. The summed E-state index contributed by atoms with van der Waals surface area (Å²) in [5.41, 5.74) is 1.47. The van der Waals surface area contributed by atoms with Crippen LogP contribution in [0.5, 0.6) is 0 Å². The van der Waals surface area contributed by atoms with E-state index in [9.17, 15) is 9.90 Å². The van der Waals surface area contributed by atoms with Crippen molar-refractivity contribution in [1.29, 1.82) is 0 Å². The van der Waals surface area contributed by atoms with Gasteiger partial charge in [-0.3, -0.25) is 4.79 Å². The van der Waals surface area contributed by atoms with Crippen LogP contribution in [0, 0.1) is 0 Å². The van der Waals surface area contributed by atoms with Crippen molar-refractivity contribution in [3.63, 3.8) is 0 Å². The fourth-order valence-electron chi connectivity index (χ4n) is 2.89. The van der Waals surface area contributed by atoms with Crippen LogP contribution in [0.3, 0.4) is 0 Å². The maximum absolute atomic E-state index is 11.8. The zero-order valence-corrected chi connectivity index (χ0v) is 11.1. The zero-order valence-electron chi connectivity index (χ0n) is 11.1. The van der Waals surface area contributed by atoms with E-state index in [1.165, 1.54) is 5.56 Å². The smallest absolute Gasteiger partial charge is 0.314 e. The number of hydrogen-bond donors (Lipinski definition) is 2. The third-order valence-corrected chi connectivity index (χ3v) is 3.96. The maximum atomic E-state index is 11.8. The molecule has 98 valence electrons. The number of carbonyl (C=O) groups is 1. The highest BCUT2D eigenvalue weighted by molar-refractivity contribution is 5.82. The summed E-state index contributed by atoms with van der Waals surface area (Å²) >= 11 is 0. The highest BCUT2D eigenvalue weighted by atomic mass is 16.4. The minimum Gasteiger partial charge on any atom is -0.481 e. The van der Waals surface area contributed by atoms with Crippen LogP contribution >= 0.6 is 0 Å². The van der Waals surface area contributed by atoms with Gasteiger partial charge in [0.15, 0.2) is 0 Å². The molecule has 0 aromatic heterocycles. The Kier molecular flexibility index (Phi) is 3.71. The topological polar surface area (TPSA) is 49.3 Å². The fraction of sp³-hybridized carbons (Fsp3) is 0.533. The first-order valence-electron chi connectivity index (χ1n) is 6.61. The normalized spacial score (nSPS) is 18.8. The maximum Gasteiger partial charge on any atom is 0.314 e. The molecule has 0 saturated carbocycles. The van der Waals surface area contributed by atoms with Crippen molar-refractivity contribution < 1.29 is 9.90 Å². The van der Waals surface area contributed by atoms with E-state index in [0.717, 1.165) is 18.7 Å². The number of rotatable bonds is 3. The lowest BCUT2D eigenvalue weighted by atomic mass is 9.70. The van der Waals surface area contributed by atoms with Crippen LogP contribution in [-0.4, -0.2) is 24.2 Å². The van der Waals surface area contributed by atoms with Gasteiger partial charge in [0.2, 0.25) is 0 Å². The van der Waals surface area contributed by atoms with E-state index in [1.807, 2.05) is 18.2 Å². The minimum atomic E-state index is -0.702. The van der Waals surface area contributed by atoms with Crippen LogP contribution in [0.1, 0.15) is 43.7 Å². The van der Waals surface area contributed by atoms with E-state index in [-0.39, 0.29) is 0 Å². The zero-order chi connectivity index (χ0) is 13.2. The Hall–Kier alpha value is -1.35. The molecule has 0 radical (unpaired) electrons. The summed E-state index contributed by atoms with van der Waals surface area (Å²) in [5, 5.41) is 13.0. The van der Waals surface area contributed by atoms with Gasteiger partial charge in [-0.1, -0.05) is 38.1 Å². The third kappa shape index (κ3) is 2.15. The summed E-state index contributed by atoms with van der Waals surface area (Å²) in [4.78, 5) is 11.8.